The number of halogens is 1. The largest absolute Gasteiger partial charge is 0.354 e. The standard InChI is InChI=1S/C18H22ClN3O3S/c1-13(2)17(18(23)21-12-10-15-5-3-4-11-20-15)22-26(24,25)16-8-6-14(19)7-9-16/h3-9,11,13,17,22H,10,12H2,1-2H3,(H,21,23). The van der Waals surface area contributed by atoms with E-state index in [-0.39, 0.29) is 16.7 Å². The molecule has 2 N–H and O–H groups in total. The third kappa shape index (κ3) is 5.79. The molecule has 0 aliphatic rings. The Kier molecular flexibility index (Phi) is 7.14. The molecule has 0 saturated heterocycles. The van der Waals surface area contributed by atoms with Gasteiger partial charge in [0.2, 0.25) is 15.9 Å². The fraction of sp³-hybridized carbons (Fsp3) is 0.333. The molecular formula is C18H22ClN3O3S. The van der Waals surface area contributed by atoms with E-state index in [0.717, 1.165) is 5.69 Å². The minimum absolute atomic E-state index is 0.0637. The quantitative estimate of drug-likeness (QED) is 0.718. The number of amides is 1. The summed E-state index contributed by atoms with van der Waals surface area (Å²) in [5, 5.41) is 3.21. The molecule has 8 heteroatoms. The van der Waals surface area contributed by atoms with Gasteiger partial charge in [0.15, 0.2) is 0 Å². The smallest absolute Gasteiger partial charge is 0.241 e. The van der Waals surface area contributed by atoms with Crippen molar-refractivity contribution in [2.75, 3.05) is 6.54 Å². The highest BCUT2D eigenvalue weighted by Gasteiger charge is 2.28. The van der Waals surface area contributed by atoms with Crippen LogP contribution in [0.1, 0.15) is 19.5 Å². The first-order valence-corrected chi connectivity index (χ1v) is 10.1. The molecule has 6 nitrogen and oxygen atoms in total. The van der Waals surface area contributed by atoms with Crippen LogP contribution in [0, 0.1) is 5.92 Å². The van der Waals surface area contributed by atoms with Crippen molar-refractivity contribution in [2.24, 2.45) is 5.92 Å². The van der Waals surface area contributed by atoms with Crippen LogP contribution in [0.5, 0.6) is 0 Å². The zero-order valence-corrected chi connectivity index (χ0v) is 16.2. The van der Waals surface area contributed by atoms with Crippen molar-refractivity contribution in [3.05, 3.63) is 59.4 Å². The lowest BCUT2D eigenvalue weighted by Crippen LogP contribution is -2.49. The highest BCUT2D eigenvalue weighted by atomic mass is 35.5. The van der Waals surface area contributed by atoms with Crippen LogP contribution in [0.4, 0.5) is 0 Å². The summed E-state index contributed by atoms with van der Waals surface area (Å²) in [5.74, 6) is -0.583. The van der Waals surface area contributed by atoms with E-state index < -0.39 is 16.1 Å². The zero-order valence-electron chi connectivity index (χ0n) is 14.6. The SMILES string of the molecule is CC(C)C(NS(=O)(=O)c1ccc(Cl)cc1)C(=O)NCCc1ccccn1. The van der Waals surface area contributed by atoms with Gasteiger partial charge in [0.25, 0.3) is 0 Å². The van der Waals surface area contributed by atoms with Crippen LogP contribution in [0.3, 0.4) is 0 Å². The van der Waals surface area contributed by atoms with E-state index in [1.165, 1.54) is 24.3 Å². The maximum absolute atomic E-state index is 12.5. The van der Waals surface area contributed by atoms with Crippen molar-refractivity contribution < 1.29 is 13.2 Å². The van der Waals surface area contributed by atoms with Gasteiger partial charge in [0.05, 0.1) is 4.90 Å². The number of pyridine rings is 1. The molecule has 0 fully saturated rings. The Labute approximate surface area is 159 Å². The molecule has 2 aromatic rings. The van der Waals surface area contributed by atoms with Crippen molar-refractivity contribution in [1.82, 2.24) is 15.0 Å². The van der Waals surface area contributed by atoms with E-state index in [9.17, 15) is 13.2 Å². The van der Waals surface area contributed by atoms with Gasteiger partial charge in [-0.05, 0) is 42.3 Å². The van der Waals surface area contributed by atoms with Crippen molar-refractivity contribution in [1.29, 1.82) is 0 Å². The molecule has 0 saturated carbocycles. The summed E-state index contributed by atoms with van der Waals surface area (Å²) in [6, 6.07) is 10.5. The minimum atomic E-state index is -3.83. The molecule has 1 aromatic heterocycles. The summed E-state index contributed by atoms with van der Waals surface area (Å²) in [4.78, 5) is 16.7. The van der Waals surface area contributed by atoms with Crippen LogP contribution in [0.25, 0.3) is 0 Å². The van der Waals surface area contributed by atoms with Crippen molar-refractivity contribution in [3.8, 4) is 0 Å². The van der Waals surface area contributed by atoms with Gasteiger partial charge in [0, 0.05) is 29.9 Å². The van der Waals surface area contributed by atoms with Gasteiger partial charge < -0.3 is 5.32 Å². The van der Waals surface area contributed by atoms with Gasteiger partial charge >= 0.3 is 0 Å². The van der Waals surface area contributed by atoms with Crippen LogP contribution in [0.15, 0.2) is 53.6 Å². The lowest BCUT2D eigenvalue weighted by Gasteiger charge is -2.21. The second-order valence-electron chi connectivity index (χ2n) is 6.16. The maximum Gasteiger partial charge on any atom is 0.241 e. The summed E-state index contributed by atoms with van der Waals surface area (Å²) in [6.07, 6.45) is 2.26. The number of sulfonamides is 1. The third-order valence-corrected chi connectivity index (χ3v) is 5.47. The lowest BCUT2D eigenvalue weighted by molar-refractivity contribution is -0.123. The molecule has 1 heterocycles. The maximum atomic E-state index is 12.5. The molecule has 140 valence electrons. The number of hydrogen-bond acceptors (Lipinski definition) is 4. The Balaban J connectivity index is 2.00. The first kappa shape index (κ1) is 20.4. The number of nitrogens with zero attached hydrogens (tertiary/aromatic N) is 1. The number of hydrogen-bond donors (Lipinski definition) is 2. The first-order valence-electron chi connectivity index (χ1n) is 8.25. The van der Waals surface area contributed by atoms with Crippen molar-refractivity contribution in [2.45, 2.75) is 31.2 Å². The predicted octanol–water partition coefficient (Wildman–Crippen LogP) is 2.40. The highest BCUT2D eigenvalue weighted by molar-refractivity contribution is 7.89. The van der Waals surface area contributed by atoms with E-state index in [1.54, 1.807) is 20.0 Å². The molecular weight excluding hydrogens is 374 g/mol. The molecule has 1 atom stereocenters. The molecule has 0 bridgehead atoms. The second-order valence-corrected chi connectivity index (χ2v) is 8.31. The van der Waals surface area contributed by atoms with Gasteiger partial charge in [-0.15, -0.1) is 0 Å². The van der Waals surface area contributed by atoms with Gasteiger partial charge in [0.1, 0.15) is 6.04 Å². The van der Waals surface area contributed by atoms with Crippen LogP contribution in [-0.2, 0) is 21.2 Å². The highest BCUT2D eigenvalue weighted by Crippen LogP contribution is 2.15. The van der Waals surface area contributed by atoms with Crippen molar-refractivity contribution in [3.63, 3.8) is 0 Å². The van der Waals surface area contributed by atoms with Gasteiger partial charge in [-0.2, -0.15) is 4.72 Å². The Bertz CT molecular complexity index is 825. The summed E-state index contributed by atoms with van der Waals surface area (Å²) in [5.41, 5.74) is 0.857. The summed E-state index contributed by atoms with van der Waals surface area (Å²) in [7, 11) is -3.83. The zero-order chi connectivity index (χ0) is 19.2. The molecule has 2 rings (SSSR count). The first-order chi connectivity index (χ1) is 12.3. The number of nitrogens with one attached hydrogen (secondary N) is 2. The van der Waals surface area contributed by atoms with Crippen LogP contribution in [-0.4, -0.2) is 31.9 Å². The Morgan fingerprint density at radius 2 is 1.85 bits per heavy atom. The summed E-state index contributed by atoms with van der Waals surface area (Å²) < 4.78 is 27.5. The Morgan fingerprint density at radius 3 is 2.42 bits per heavy atom. The number of carbonyl (C=O) groups excluding carboxylic acids is 1. The van der Waals surface area contributed by atoms with Crippen LogP contribution in [0.2, 0.25) is 5.02 Å². The second kappa shape index (κ2) is 9.12. The molecule has 0 radical (unpaired) electrons. The molecule has 0 aliphatic carbocycles. The third-order valence-electron chi connectivity index (χ3n) is 3.76. The number of aromatic nitrogens is 1. The van der Waals surface area contributed by atoms with E-state index in [0.29, 0.717) is 18.0 Å². The minimum Gasteiger partial charge on any atom is -0.354 e. The van der Waals surface area contributed by atoms with Gasteiger partial charge in [-0.25, -0.2) is 8.42 Å². The number of rotatable bonds is 8. The van der Waals surface area contributed by atoms with Gasteiger partial charge in [-0.1, -0.05) is 31.5 Å². The van der Waals surface area contributed by atoms with Crippen LogP contribution < -0.4 is 10.0 Å². The Morgan fingerprint density at radius 1 is 1.15 bits per heavy atom. The average molecular weight is 396 g/mol. The topological polar surface area (TPSA) is 88.2 Å². The number of carbonyl (C=O) groups is 1. The number of benzene rings is 1. The lowest BCUT2D eigenvalue weighted by atomic mass is 10.1. The molecule has 0 aliphatic heterocycles. The molecule has 0 spiro atoms. The molecule has 26 heavy (non-hydrogen) atoms. The fourth-order valence-corrected chi connectivity index (χ4v) is 3.78. The summed E-state index contributed by atoms with van der Waals surface area (Å²) >= 11 is 5.79. The summed E-state index contributed by atoms with van der Waals surface area (Å²) in [6.45, 7) is 3.95. The van der Waals surface area contributed by atoms with Gasteiger partial charge in [-0.3, -0.25) is 9.78 Å². The van der Waals surface area contributed by atoms with Crippen molar-refractivity contribution >= 4 is 27.5 Å². The Hall–Kier alpha value is -1.96. The van der Waals surface area contributed by atoms with E-state index >= 15 is 0 Å². The fourth-order valence-electron chi connectivity index (χ4n) is 2.31. The van der Waals surface area contributed by atoms with E-state index in [1.807, 2.05) is 18.2 Å². The predicted molar refractivity (Wildman–Crippen MR) is 101 cm³/mol. The van der Waals surface area contributed by atoms with E-state index in [4.69, 9.17) is 11.6 Å². The molecule has 1 aromatic carbocycles. The average Bonchev–Trinajstić information content (AvgIpc) is 2.60. The molecule has 1 amide bonds. The monoisotopic (exact) mass is 395 g/mol. The van der Waals surface area contributed by atoms with Crippen LogP contribution >= 0.6 is 11.6 Å². The molecule has 1 unspecified atom stereocenters. The van der Waals surface area contributed by atoms with E-state index in [2.05, 4.69) is 15.0 Å². The normalized spacial score (nSPS) is 12.8.